The van der Waals surface area contributed by atoms with Gasteiger partial charge in [0, 0.05) is 6.20 Å². The molecule has 2 bridgehead atoms. The number of carbonyl (C=O) groups is 1. The number of alkyl halides is 3. The highest BCUT2D eigenvalue weighted by Gasteiger charge is 2.64. The Morgan fingerprint density at radius 1 is 1.29 bits per heavy atom. The van der Waals surface area contributed by atoms with Crippen LogP contribution in [0.3, 0.4) is 0 Å². The van der Waals surface area contributed by atoms with Crippen LogP contribution in [0.25, 0.3) is 0 Å². The molecule has 4 rings (SSSR count). The molecule has 0 radical (unpaired) electrons. The fraction of sp³-hybridized carbons (Fsp3) is 0.615. The maximum Gasteiger partial charge on any atom is 0.516 e. The first-order chi connectivity index (χ1) is 9.62. The number of ketones is 1. The number of hydrogen-bond acceptors (Lipinski definition) is 3. The summed E-state index contributed by atoms with van der Waals surface area (Å²) in [4.78, 5) is 12.1. The van der Waals surface area contributed by atoms with Gasteiger partial charge in [-0.25, -0.2) is 0 Å². The smallest absolute Gasteiger partial charge is 0.299 e. The number of Topliss-reactive ketones (excluding diaryl/α,β-unsaturated/α-hetero) is 1. The largest absolute Gasteiger partial charge is 0.516 e. The van der Waals surface area contributed by atoms with Gasteiger partial charge in [-0.2, -0.15) is 21.6 Å². The van der Waals surface area contributed by atoms with Gasteiger partial charge >= 0.3 is 15.5 Å². The summed E-state index contributed by atoms with van der Waals surface area (Å²) < 4.78 is 62.4. The summed E-state index contributed by atoms with van der Waals surface area (Å²) in [7, 11) is -5.48. The molecule has 3 aliphatic carbocycles. The molecule has 0 unspecified atom stereocenters. The van der Waals surface area contributed by atoms with E-state index in [9.17, 15) is 26.4 Å². The monoisotopic (exact) mass is 321 g/mol. The van der Waals surface area contributed by atoms with Crippen LogP contribution in [0.15, 0.2) is 24.4 Å². The fourth-order valence-corrected chi connectivity index (χ4v) is 5.01. The molecule has 4 aliphatic rings. The van der Waals surface area contributed by atoms with E-state index in [0.717, 1.165) is 6.20 Å². The molecule has 0 aromatic rings. The van der Waals surface area contributed by atoms with Crippen LogP contribution in [0, 0.1) is 17.3 Å². The third kappa shape index (κ3) is 1.68. The predicted octanol–water partition coefficient (Wildman–Crippen LogP) is 2.21. The standard InChI is InChI=1S/C13H14F3NO3S/c1-8(18)12-6-7-17(21(19,20)13(14,15)16)11(12)9-2-4-10(12)5-3-9/h2,4,6-7,9-11H,3,5H2,1H3/t9-,10+,11+,12+/m0/s1. The Morgan fingerprint density at radius 3 is 2.43 bits per heavy atom. The van der Waals surface area contributed by atoms with E-state index in [0.29, 0.717) is 17.1 Å². The van der Waals surface area contributed by atoms with Crippen molar-refractivity contribution in [1.29, 1.82) is 0 Å². The van der Waals surface area contributed by atoms with Crippen molar-refractivity contribution in [1.82, 2.24) is 4.31 Å². The lowest BCUT2D eigenvalue weighted by molar-refractivity contribution is -0.131. The van der Waals surface area contributed by atoms with E-state index in [4.69, 9.17) is 0 Å². The van der Waals surface area contributed by atoms with Gasteiger partial charge < -0.3 is 0 Å². The van der Waals surface area contributed by atoms with Gasteiger partial charge in [0.15, 0.2) is 0 Å². The zero-order chi connectivity index (χ0) is 15.6. The summed E-state index contributed by atoms with van der Waals surface area (Å²) in [5.74, 6) is -0.900. The summed E-state index contributed by atoms with van der Waals surface area (Å²) in [5, 5.41) is 0. The van der Waals surface area contributed by atoms with Crippen molar-refractivity contribution < 1.29 is 26.4 Å². The summed E-state index contributed by atoms with van der Waals surface area (Å²) >= 11 is 0. The first-order valence-corrected chi connectivity index (χ1v) is 8.05. The molecule has 4 atom stereocenters. The van der Waals surface area contributed by atoms with Crippen LogP contribution in [-0.2, 0) is 14.8 Å². The summed E-state index contributed by atoms with van der Waals surface area (Å²) in [6, 6.07) is -0.995. The van der Waals surface area contributed by atoms with Crippen molar-refractivity contribution in [2.75, 3.05) is 0 Å². The average Bonchev–Trinajstić information content (AvgIpc) is 2.82. The van der Waals surface area contributed by atoms with Crippen LogP contribution < -0.4 is 0 Å². The Hall–Kier alpha value is -1.31. The molecule has 116 valence electrons. The first-order valence-electron chi connectivity index (χ1n) is 6.61. The Morgan fingerprint density at radius 2 is 1.95 bits per heavy atom. The minimum atomic E-state index is -5.48. The van der Waals surface area contributed by atoms with Gasteiger partial charge in [0.25, 0.3) is 0 Å². The zero-order valence-electron chi connectivity index (χ0n) is 11.2. The second-order valence-electron chi connectivity index (χ2n) is 5.76. The lowest BCUT2D eigenvalue weighted by atomic mass is 9.55. The normalized spacial score (nSPS) is 37.9. The average molecular weight is 321 g/mol. The quantitative estimate of drug-likeness (QED) is 0.733. The third-order valence-corrected chi connectivity index (χ3v) is 6.35. The van der Waals surface area contributed by atoms with Crippen molar-refractivity contribution in [3.05, 3.63) is 24.4 Å². The van der Waals surface area contributed by atoms with Gasteiger partial charge in [-0.3, -0.25) is 9.10 Å². The SMILES string of the molecule is CC(=O)[C@@]12C=CN(S(=O)(=O)C(F)(F)F)[C@@H]1[C@H]1C=C[C@@H]2CC1. The van der Waals surface area contributed by atoms with Gasteiger partial charge in [-0.15, -0.1) is 0 Å². The summed E-state index contributed by atoms with van der Waals surface area (Å²) in [5.41, 5.74) is -6.53. The molecule has 0 aromatic carbocycles. The molecule has 1 fully saturated rings. The molecule has 1 aliphatic heterocycles. The van der Waals surface area contributed by atoms with Gasteiger partial charge in [0.05, 0.1) is 11.5 Å². The number of nitrogens with zero attached hydrogens (tertiary/aromatic N) is 1. The Balaban J connectivity index is 2.13. The number of rotatable bonds is 2. The van der Waals surface area contributed by atoms with Crippen LogP contribution in [0.4, 0.5) is 13.2 Å². The molecule has 0 saturated heterocycles. The van der Waals surface area contributed by atoms with Gasteiger partial charge in [0.1, 0.15) is 5.78 Å². The highest BCUT2D eigenvalue weighted by molar-refractivity contribution is 7.90. The van der Waals surface area contributed by atoms with E-state index >= 15 is 0 Å². The van der Waals surface area contributed by atoms with Gasteiger partial charge in [-0.1, -0.05) is 18.2 Å². The molecule has 0 aromatic heterocycles. The lowest BCUT2D eigenvalue weighted by Crippen LogP contribution is -2.59. The Kier molecular flexibility index (Phi) is 2.87. The first kappa shape index (κ1) is 14.6. The maximum absolute atomic E-state index is 12.8. The molecule has 1 saturated carbocycles. The number of halogens is 3. The van der Waals surface area contributed by atoms with E-state index in [2.05, 4.69) is 0 Å². The number of sulfonamides is 1. The fourth-order valence-electron chi connectivity index (χ4n) is 3.92. The number of carbonyl (C=O) groups excluding carboxylic acids is 1. The minimum Gasteiger partial charge on any atom is -0.299 e. The van der Waals surface area contributed by atoms with Crippen LogP contribution in [0.1, 0.15) is 19.8 Å². The van der Waals surface area contributed by atoms with Crippen molar-refractivity contribution in [2.24, 2.45) is 17.3 Å². The zero-order valence-corrected chi connectivity index (χ0v) is 12.0. The Labute approximate surface area is 120 Å². The van der Waals surface area contributed by atoms with Crippen LogP contribution in [-0.4, -0.2) is 30.1 Å². The van der Waals surface area contributed by atoms with Crippen LogP contribution in [0.2, 0.25) is 0 Å². The lowest BCUT2D eigenvalue weighted by Gasteiger charge is -2.51. The molecule has 21 heavy (non-hydrogen) atoms. The van der Waals surface area contributed by atoms with Crippen molar-refractivity contribution in [3.8, 4) is 0 Å². The van der Waals surface area contributed by atoms with E-state index in [1.54, 1.807) is 6.08 Å². The molecule has 0 spiro atoms. The van der Waals surface area contributed by atoms with Gasteiger partial charge in [-0.05, 0) is 31.6 Å². The molecule has 0 N–H and O–H groups in total. The highest BCUT2D eigenvalue weighted by Crippen LogP contribution is 2.56. The molecular formula is C13H14F3NO3S. The van der Waals surface area contributed by atoms with E-state index < -0.39 is 27.0 Å². The predicted molar refractivity (Wildman–Crippen MR) is 68.2 cm³/mol. The second kappa shape index (κ2) is 4.12. The van der Waals surface area contributed by atoms with Crippen LogP contribution in [0.5, 0.6) is 0 Å². The third-order valence-electron chi connectivity index (χ3n) is 4.86. The van der Waals surface area contributed by atoms with Crippen LogP contribution >= 0.6 is 0 Å². The number of allylic oxidation sites excluding steroid dienone is 1. The number of fused-ring (bicyclic) bond motifs is 1. The topological polar surface area (TPSA) is 54.5 Å². The molecule has 8 heteroatoms. The maximum atomic E-state index is 12.8. The van der Waals surface area contributed by atoms with Crippen molar-refractivity contribution >= 4 is 15.8 Å². The molecule has 0 amide bonds. The van der Waals surface area contributed by atoms with Crippen molar-refractivity contribution in [2.45, 2.75) is 31.3 Å². The van der Waals surface area contributed by atoms with E-state index in [1.165, 1.54) is 13.0 Å². The van der Waals surface area contributed by atoms with Gasteiger partial charge in [0.2, 0.25) is 0 Å². The number of hydrogen-bond donors (Lipinski definition) is 0. The summed E-state index contributed by atoms with van der Waals surface area (Å²) in [6.07, 6.45) is 7.12. The highest BCUT2D eigenvalue weighted by atomic mass is 32.2. The summed E-state index contributed by atoms with van der Waals surface area (Å²) in [6.45, 7) is 1.32. The molecule has 1 heterocycles. The van der Waals surface area contributed by atoms with E-state index in [1.807, 2.05) is 6.08 Å². The van der Waals surface area contributed by atoms with E-state index in [-0.39, 0.29) is 17.6 Å². The molecule has 4 nitrogen and oxygen atoms in total. The minimum absolute atomic E-state index is 0.241. The van der Waals surface area contributed by atoms with Crippen molar-refractivity contribution in [3.63, 3.8) is 0 Å². The second-order valence-corrected chi connectivity index (χ2v) is 7.60. The Bertz CT molecular complexity index is 652. The molecular weight excluding hydrogens is 307 g/mol.